The number of carbonyl (C=O) groups excluding carboxylic acids is 1. The second-order valence-electron chi connectivity index (χ2n) is 5.45. The van der Waals surface area contributed by atoms with E-state index in [1.54, 1.807) is 27.7 Å². The van der Waals surface area contributed by atoms with Gasteiger partial charge in [-0.1, -0.05) is 11.3 Å². The van der Waals surface area contributed by atoms with Gasteiger partial charge in [0.2, 0.25) is 11.7 Å². The second-order valence-corrected chi connectivity index (χ2v) is 6.45. The highest BCUT2D eigenvalue weighted by Crippen LogP contribution is 2.35. The molecular weight excluding hydrogens is 404 g/mol. The number of aryl methyl sites for hydroxylation is 1. The van der Waals surface area contributed by atoms with Gasteiger partial charge in [0.15, 0.2) is 11.4 Å². The van der Waals surface area contributed by atoms with Crippen molar-refractivity contribution in [3.8, 4) is 17.5 Å². The minimum Gasteiger partial charge on any atom is -0.490 e. The maximum absolute atomic E-state index is 11.9. The molecule has 0 aliphatic carbocycles. The van der Waals surface area contributed by atoms with E-state index in [2.05, 4.69) is 20.3 Å². The first-order chi connectivity index (χ1) is 13.9. The Morgan fingerprint density at radius 3 is 2.24 bits per heavy atom. The first-order valence-corrected chi connectivity index (χ1v) is 9.78. The van der Waals surface area contributed by atoms with E-state index < -0.39 is 24.0 Å². The van der Waals surface area contributed by atoms with Gasteiger partial charge >= 0.3 is 5.97 Å². The summed E-state index contributed by atoms with van der Waals surface area (Å²) >= 11 is 1.04. The standard InChI is InChI=1S/C17H24N4O7S/c1-5-25-10(26-6-2)8-28-11-13(22)19-16(20-14(11)23)21-17-18-9(4)12(29-17)15(24)27-7-3/h10H,5-8H2,1-4H3,(H3,18,19,20,21,22,23). The van der Waals surface area contributed by atoms with Crippen LogP contribution < -0.4 is 10.1 Å². The molecule has 2 aromatic rings. The van der Waals surface area contributed by atoms with Crippen LogP contribution in [0.4, 0.5) is 11.1 Å². The summed E-state index contributed by atoms with van der Waals surface area (Å²) in [5.41, 5.74) is 0.474. The van der Waals surface area contributed by atoms with Crippen LogP contribution in [0.5, 0.6) is 17.5 Å². The van der Waals surface area contributed by atoms with Crippen molar-refractivity contribution < 1.29 is 34.0 Å². The topological polar surface area (TPSA) is 145 Å². The Balaban J connectivity index is 2.11. The molecule has 12 heteroatoms. The van der Waals surface area contributed by atoms with Crippen LogP contribution in [0, 0.1) is 6.92 Å². The monoisotopic (exact) mass is 428 g/mol. The van der Waals surface area contributed by atoms with Crippen LogP contribution in [0.1, 0.15) is 36.1 Å². The Hall–Kier alpha value is -2.70. The zero-order valence-corrected chi connectivity index (χ0v) is 17.4. The van der Waals surface area contributed by atoms with Crippen molar-refractivity contribution in [2.75, 3.05) is 31.7 Å². The fourth-order valence-electron chi connectivity index (χ4n) is 2.21. The lowest BCUT2D eigenvalue weighted by atomic mass is 10.4. The quantitative estimate of drug-likeness (QED) is 0.358. The smallest absolute Gasteiger partial charge is 0.350 e. The molecule has 2 heterocycles. The van der Waals surface area contributed by atoms with E-state index in [0.29, 0.717) is 28.9 Å². The van der Waals surface area contributed by atoms with E-state index in [1.165, 1.54) is 0 Å². The molecule has 0 aliphatic heterocycles. The van der Waals surface area contributed by atoms with Crippen LogP contribution in [0.3, 0.4) is 0 Å². The van der Waals surface area contributed by atoms with Gasteiger partial charge in [-0.25, -0.2) is 9.78 Å². The van der Waals surface area contributed by atoms with Crippen LogP contribution in [-0.2, 0) is 14.2 Å². The molecule has 0 unspecified atom stereocenters. The first kappa shape index (κ1) is 22.6. The molecule has 0 saturated heterocycles. The van der Waals surface area contributed by atoms with Gasteiger partial charge in [-0.05, 0) is 27.7 Å². The summed E-state index contributed by atoms with van der Waals surface area (Å²) in [5, 5.41) is 23.2. The van der Waals surface area contributed by atoms with Crippen molar-refractivity contribution in [1.82, 2.24) is 15.0 Å². The largest absolute Gasteiger partial charge is 0.490 e. The van der Waals surface area contributed by atoms with Crippen LogP contribution in [-0.4, -0.2) is 63.9 Å². The summed E-state index contributed by atoms with van der Waals surface area (Å²) in [6.07, 6.45) is -0.666. The maximum Gasteiger partial charge on any atom is 0.350 e. The minimum atomic E-state index is -0.666. The third-order valence-electron chi connectivity index (χ3n) is 3.37. The number of esters is 1. The summed E-state index contributed by atoms with van der Waals surface area (Å²) in [6, 6.07) is 0. The molecule has 11 nitrogen and oxygen atoms in total. The lowest BCUT2D eigenvalue weighted by Gasteiger charge is -2.18. The van der Waals surface area contributed by atoms with Gasteiger partial charge in [0, 0.05) is 13.2 Å². The number of aromatic hydroxyl groups is 2. The molecule has 0 aromatic carbocycles. The summed E-state index contributed by atoms with van der Waals surface area (Å²) in [4.78, 5) is 24.1. The van der Waals surface area contributed by atoms with Crippen molar-refractivity contribution in [2.24, 2.45) is 0 Å². The van der Waals surface area contributed by atoms with Gasteiger partial charge in [0.1, 0.15) is 11.5 Å². The van der Waals surface area contributed by atoms with Gasteiger partial charge < -0.3 is 29.2 Å². The second kappa shape index (κ2) is 10.7. The molecule has 0 radical (unpaired) electrons. The Bertz CT molecular complexity index is 801. The van der Waals surface area contributed by atoms with Crippen LogP contribution in [0.15, 0.2) is 0 Å². The fourth-order valence-corrected chi connectivity index (χ4v) is 3.07. The maximum atomic E-state index is 11.9. The highest BCUT2D eigenvalue weighted by molar-refractivity contribution is 7.17. The van der Waals surface area contributed by atoms with Crippen molar-refractivity contribution in [3.63, 3.8) is 0 Å². The van der Waals surface area contributed by atoms with E-state index >= 15 is 0 Å². The normalized spacial score (nSPS) is 10.9. The van der Waals surface area contributed by atoms with E-state index in [1.807, 2.05) is 0 Å². The molecule has 0 amide bonds. The molecule has 2 aromatic heterocycles. The lowest BCUT2D eigenvalue weighted by molar-refractivity contribution is -0.152. The Morgan fingerprint density at radius 1 is 1.07 bits per heavy atom. The van der Waals surface area contributed by atoms with Crippen LogP contribution >= 0.6 is 11.3 Å². The molecule has 0 spiro atoms. The molecule has 2 rings (SSSR count). The van der Waals surface area contributed by atoms with E-state index in [0.717, 1.165) is 11.3 Å². The van der Waals surface area contributed by atoms with Crippen molar-refractivity contribution >= 4 is 28.4 Å². The van der Waals surface area contributed by atoms with E-state index in [-0.39, 0.29) is 24.9 Å². The number of anilines is 2. The summed E-state index contributed by atoms with van der Waals surface area (Å²) in [6.45, 7) is 7.97. The number of hydrogen-bond donors (Lipinski definition) is 3. The zero-order valence-electron chi connectivity index (χ0n) is 16.6. The molecule has 29 heavy (non-hydrogen) atoms. The van der Waals surface area contributed by atoms with E-state index in [4.69, 9.17) is 18.9 Å². The number of nitrogens with one attached hydrogen (secondary N) is 1. The lowest BCUT2D eigenvalue weighted by Crippen LogP contribution is -2.25. The third-order valence-corrected chi connectivity index (χ3v) is 4.43. The van der Waals surface area contributed by atoms with Gasteiger partial charge in [-0.2, -0.15) is 9.97 Å². The molecule has 160 valence electrons. The predicted molar refractivity (Wildman–Crippen MR) is 104 cm³/mol. The van der Waals surface area contributed by atoms with Crippen molar-refractivity contribution in [1.29, 1.82) is 0 Å². The zero-order chi connectivity index (χ0) is 21.4. The van der Waals surface area contributed by atoms with Crippen LogP contribution in [0.25, 0.3) is 0 Å². The van der Waals surface area contributed by atoms with Gasteiger partial charge in [-0.15, -0.1) is 0 Å². The Labute approximate surface area is 171 Å². The first-order valence-electron chi connectivity index (χ1n) is 8.97. The number of carbonyl (C=O) groups is 1. The highest BCUT2D eigenvalue weighted by atomic mass is 32.1. The van der Waals surface area contributed by atoms with Gasteiger partial charge in [-0.3, -0.25) is 5.32 Å². The number of hydrogen-bond acceptors (Lipinski definition) is 12. The van der Waals surface area contributed by atoms with Crippen molar-refractivity contribution in [3.05, 3.63) is 10.6 Å². The van der Waals surface area contributed by atoms with Gasteiger partial charge in [0.25, 0.3) is 11.8 Å². The number of ether oxygens (including phenoxy) is 4. The Morgan fingerprint density at radius 2 is 1.69 bits per heavy atom. The molecule has 0 aliphatic rings. The highest BCUT2D eigenvalue weighted by Gasteiger charge is 2.20. The molecule has 0 saturated carbocycles. The van der Waals surface area contributed by atoms with E-state index in [9.17, 15) is 15.0 Å². The summed E-state index contributed by atoms with van der Waals surface area (Å²) in [7, 11) is 0. The third kappa shape index (κ3) is 6.14. The average molecular weight is 428 g/mol. The number of nitrogens with zero attached hydrogens (tertiary/aromatic N) is 3. The number of aromatic nitrogens is 3. The number of rotatable bonds is 11. The summed E-state index contributed by atoms with van der Waals surface area (Å²) < 4.78 is 21.0. The van der Waals surface area contributed by atoms with Crippen LogP contribution in [0.2, 0.25) is 0 Å². The minimum absolute atomic E-state index is 0.0759. The molecule has 3 N–H and O–H groups in total. The Kier molecular flexibility index (Phi) is 8.36. The summed E-state index contributed by atoms with van der Waals surface area (Å²) in [5.74, 6) is -2.06. The molecular formula is C17H24N4O7S. The predicted octanol–water partition coefficient (Wildman–Crippen LogP) is 2.35. The SMILES string of the molecule is CCOC(=O)c1sc(Nc2nc(O)c(OCC(OCC)OCC)c(O)n2)nc1C. The van der Waals surface area contributed by atoms with Crippen molar-refractivity contribution in [2.45, 2.75) is 34.0 Å². The molecule has 0 bridgehead atoms. The number of thiazole rings is 1. The molecule has 0 atom stereocenters. The van der Waals surface area contributed by atoms with Gasteiger partial charge in [0.05, 0.1) is 12.3 Å². The fraction of sp³-hybridized carbons (Fsp3) is 0.529. The average Bonchev–Trinajstić information content (AvgIpc) is 3.01. The molecule has 0 fully saturated rings.